The van der Waals surface area contributed by atoms with Crippen molar-refractivity contribution in [3.8, 4) is 5.75 Å². The molecule has 0 spiro atoms. The van der Waals surface area contributed by atoms with Gasteiger partial charge in [0.25, 0.3) is 0 Å². The van der Waals surface area contributed by atoms with Gasteiger partial charge in [0.05, 0.1) is 0 Å². The van der Waals surface area contributed by atoms with Crippen molar-refractivity contribution in [1.29, 1.82) is 0 Å². The number of phenolic OH excluding ortho intramolecular Hbond substituents is 1. The molecule has 0 aromatic heterocycles. The number of aromatic hydroxyl groups is 1. The maximum Gasteiger partial charge on any atom is 0.115 e. The Labute approximate surface area is 97.7 Å². The molecule has 1 atom stereocenters. The standard InChI is InChI=1S/C14H21NO/c1-3-15-13(14(2)7-8-14)10-11-5-4-6-12(16)9-11/h4-6,9,13,15-16H,3,7-8,10H2,1-2H3. The maximum atomic E-state index is 9.45. The predicted octanol–water partition coefficient (Wildman–Crippen LogP) is 2.71. The number of rotatable bonds is 5. The second-order valence-corrected chi connectivity index (χ2v) is 5.14. The molecule has 16 heavy (non-hydrogen) atoms. The lowest BCUT2D eigenvalue weighted by atomic mass is 9.92. The van der Waals surface area contributed by atoms with Crippen LogP contribution in [0.3, 0.4) is 0 Å². The van der Waals surface area contributed by atoms with E-state index in [1.165, 1.54) is 18.4 Å². The highest BCUT2D eigenvalue weighted by molar-refractivity contribution is 5.28. The molecule has 0 heterocycles. The lowest BCUT2D eigenvalue weighted by molar-refractivity contribution is 0.360. The molecule has 1 fully saturated rings. The third-order valence-corrected chi connectivity index (χ3v) is 3.68. The summed E-state index contributed by atoms with van der Waals surface area (Å²) in [6.07, 6.45) is 3.66. The molecule has 0 bridgehead atoms. The van der Waals surface area contributed by atoms with Crippen molar-refractivity contribution in [3.05, 3.63) is 29.8 Å². The molecule has 2 N–H and O–H groups in total. The zero-order chi connectivity index (χ0) is 11.6. The van der Waals surface area contributed by atoms with Crippen molar-refractivity contribution < 1.29 is 5.11 Å². The van der Waals surface area contributed by atoms with Crippen molar-refractivity contribution in [3.63, 3.8) is 0 Å². The fourth-order valence-electron chi connectivity index (χ4n) is 2.28. The summed E-state index contributed by atoms with van der Waals surface area (Å²) in [5, 5.41) is 13.0. The highest BCUT2D eigenvalue weighted by atomic mass is 16.3. The van der Waals surface area contributed by atoms with Gasteiger partial charge in [0.1, 0.15) is 5.75 Å². The van der Waals surface area contributed by atoms with Gasteiger partial charge in [-0.05, 0) is 48.9 Å². The van der Waals surface area contributed by atoms with Crippen LogP contribution < -0.4 is 5.32 Å². The first-order valence-corrected chi connectivity index (χ1v) is 6.15. The zero-order valence-corrected chi connectivity index (χ0v) is 10.2. The van der Waals surface area contributed by atoms with E-state index in [1.54, 1.807) is 6.07 Å². The van der Waals surface area contributed by atoms with Crippen LogP contribution in [-0.2, 0) is 6.42 Å². The van der Waals surface area contributed by atoms with Gasteiger partial charge in [-0.3, -0.25) is 0 Å². The Morgan fingerprint density at radius 3 is 2.75 bits per heavy atom. The van der Waals surface area contributed by atoms with Crippen LogP contribution in [0.25, 0.3) is 0 Å². The normalized spacial score (nSPS) is 19.4. The number of hydrogen-bond acceptors (Lipinski definition) is 2. The minimum atomic E-state index is 0.369. The minimum absolute atomic E-state index is 0.369. The lowest BCUT2D eigenvalue weighted by Crippen LogP contribution is -2.37. The van der Waals surface area contributed by atoms with Gasteiger partial charge in [-0.15, -0.1) is 0 Å². The molecule has 1 aromatic rings. The molecule has 2 nitrogen and oxygen atoms in total. The SMILES string of the molecule is CCNC(Cc1cccc(O)c1)C1(C)CC1. The van der Waals surface area contributed by atoms with E-state index in [0.29, 0.717) is 17.2 Å². The monoisotopic (exact) mass is 219 g/mol. The Morgan fingerprint density at radius 1 is 1.44 bits per heavy atom. The average Bonchev–Trinajstić information content (AvgIpc) is 2.97. The van der Waals surface area contributed by atoms with Crippen molar-refractivity contribution >= 4 is 0 Å². The quantitative estimate of drug-likeness (QED) is 0.798. The van der Waals surface area contributed by atoms with E-state index in [0.717, 1.165) is 13.0 Å². The summed E-state index contributed by atoms with van der Waals surface area (Å²) in [5.74, 6) is 0.369. The van der Waals surface area contributed by atoms with Crippen molar-refractivity contribution in [2.75, 3.05) is 6.54 Å². The van der Waals surface area contributed by atoms with Crippen LogP contribution in [0.1, 0.15) is 32.3 Å². The van der Waals surface area contributed by atoms with E-state index >= 15 is 0 Å². The summed E-state index contributed by atoms with van der Waals surface area (Å²) in [7, 11) is 0. The molecule has 88 valence electrons. The summed E-state index contributed by atoms with van der Waals surface area (Å²) >= 11 is 0. The number of phenols is 1. The number of benzene rings is 1. The molecule has 0 amide bonds. The second kappa shape index (κ2) is 4.46. The summed E-state index contributed by atoms with van der Waals surface area (Å²) in [5.41, 5.74) is 1.70. The van der Waals surface area contributed by atoms with Gasteiger partial charge in [-0.25, -0.2) is 0 Å². The largest absolute Gasteiger partial charge is 0.508 e. The van der Waals surface area contributed by atoms with E-state index in [4.69, 9.17) is 0 Å². The molecule has 1 aliphatic carbocycles. The van der Waals surface area contributed by atoms with Gasteiger partial charge in [0.15, 0.2) is 0 Å². The van der Waals surface area contributed by atoms with Gasteiger partial charge < -0.3 is 10.4 Å². The highest BCUT2D eigenvalue weighted by Crippen LogP contribution is 2.48. The zero-order valence-electron chi connectivity index (χ0n) is 10.2. The lowest BCUT2D eigenvalue weighted by Gasteiger charge is -2.24. The first kappa shape index (κ1) is 11.5. The molecular formula is C14H21NO. The molecule has 0 radical (unpaired) electrons. The average molecular weight is 219 g/mol. The number of hydrogen-bond donors (Lipinski definition) is 2. The molecule has 2 heteroatoms. The van der Waals surface area contributed by atoms with Crippen LogP contribution in [0.2, 0.25) is 0 Å². The molecule has 1 aliphatic rings. The van der Waals surface area contributed by atoms with E-state index in [1.807, 2.05) is 12.1 Å². The van der Waals surface area contributed by atoms with E-state index in [2.05, 4.69) is 25.2 Å². The summed E-state index contributed by atoms with van der Waals surface area (Å²) in [6, 6.07) is 8.15. The highest BCUT2D eigenvalue weighted by Gasteiger charge is 2.44. The Kier molecular flexibility index (Phi) is 3.20. The molecule has 1 unspecified atom stereocenters. The van der Waals surface area contributed by atoms with Crippen molar-refractivity contribution in [2.45, 2.75) is 39.2 Å². The number of nitrogens with one attached hydrogen (secondary N) is 1. The maximum absolute atomic E-state index is 9.45. The molecular weight excluding hydrogens is 198 g/mol. The topological polar surface area (TPSA) is 32.3 Å². The van der Waals surface area contributed by atoms with Gasteiger partial charge in [0, 0.05) is 6.04 Å². The Hall–Kier alpha value is -1.02. The van der Waals surface area contributed by atoms with Crippen LogP contribution >= 0.6 is 0 Å². The molecule has 0 aliphatic heterocycles. The van der Waals surface area contributed by atoms with Gasteiger partial charge in [-0.1, -0.05) is 26.0 Å². The van der Waals surface area contributed by atoms with Gasteiger partial charge in [-0.2, -0.15) is 0 Å². The van der Waals surface area contributed by atoms with Crippen LogP contribution in [0.15, 0.2) is 24.3 Å². The molecule has 1 saturated carbocycles. The van der Waals surface area contributed by atoms with Gasteiger partial charge >= 0.3 is 0 Å². The van der Waals surface area contributed by atoms with Crippen LogP contribution in [0.4, 0.5) is 0 Å². The Balaban J connectivity index is 2.05. The van der Waals surface area contributed by atoms with Gasteiger partial charge in [0.2, 0.25) is 0 Å². The summed E-state index contributed by atoms with van der Waals surface area (Å²) in [6.45, 7) is 5.52. The Morgan fingerprint density at radius 2 is 2.19 bits per heavy atom. The first-order chi connectivity index (χ1) is 7.64. The minimum Gasteiger partial charge on any atom is -0.508 e. The van der Waals surface area contributed by atoms with Crippen molar-refractivity contribution in [1.82, 2.24) is 5.32 Å². The van der Waals surface area contributed by atoms with Crippen LogP contribution in [0, 0.1) is 5.41 Å². The molecule has 1 aromatic carbocycles. The summed E-state index contributed by atoms with van der Waals surface area (Å²) < 4.78 is 0. The fraction of sp³-hybridized carbons (Fsp3) is 0.571. The van der Waals surface area contributed by atoms with Crippen molar-refractivity contribution in [2.24, 2.45) is 5.41 Å². The van der Waals surface area contributed by atoms with Crippen LogP contribution in [-0.4, -0.2) is 17.7 Å². The van der Waals surface area contributed by atoms with E-state index < -0.39 is 0 Å². The first-order valence-electron chi connectivity index (χ1n) is 6.15. The van der Waals surface area contributed by atoms with E-state index in [9.17, 15) is 5.11 Å². The van der Waals surface area contributed by atoms with Crippen LogP contribution in [0.5, 0.6) is 5.75 Å². The number of likely N-dealkylation sites (N-methyl/N-ethyl adjacent to an activating group) is 1. The third-order valence-electron chi connectivity index (χ3n) is 3.68. The summed E-state index contributed by atoms with van der Waals surface area (Å²) in [4.78, 5) is 0. The smallest absolute Gasteiger partial charge is 0.115 e. The fourth-order valence-corrected chi connectivity index (χ4v) is 2.28. The Bertz CT molecular complexity index is 358. The molecule has 2 rings (SSSR count). The third kappa shape index (κ3) is 2.56. The predicted molar refractivity (Wildman–Crippen MR) is 66.6 cm³/mol. The second-order valence-electron chi connectivity index (χ2n) is 5.14. The molecule has 0 saturated heterocycles. The van der Waals surface area contributed by atoms with E-state index in [-0.39, 0.29) is 0 Å².